The molecule has 0 atom stereocenters. The molecule has 0 saturated carbocycles. The monoisotopic (exact) mass is 505 g/mol. The van der Waals surface area contributed by atoms with Gasteiger partial charge in [0.2, 0.25) is 10.0 Å². The summed E-state index contributed by atoms with van der Waals surface area (Å²) in [5, 5.41) is 2.13. The van der Waals surface area contributed by atoms with E-state index in [4.69, 9.17) is 11.6 Å². The molecular weight excluding hydrogens is 485 g/mol. The summed E-state index contributed by atoms with van der Waals surface area (Å²) in [4.78, 5) is 5.52. The molecule has 0 amide bonds. The largest absolute Gasteiger partial charge is 0.320 e. The van der Waals surface area contributed by atoms with E-state index in [0.717, 1.165) is 27.3 Å². The molecule has 166 valence electrons. The first kappa shape index (κ1) is 24.2. The van der Waals surface area contributed by atoms with Gasteiger partial charge in [-0.1, -0.05) is 66.2 Å². The first-order chi connectivity index (χ1) is 14.9. The Bertz CT molecular complexity index is 1370. The number of halogens is 2. The van der Waals surface area contributed by atoms with Crippen LogP contribution < -0.4 is 9.52 Å². The number of thiazole rings is 1. The van der Waals surface area contributed by atoms with Gasteiger partial charge in [-0.25, -0.2) is 18.1 Å². The molecule has 3 aromatic carbocycles. The average Bonchev–Trinajstić information content (AvgIpc) is 3.14. The maximum absolute atomic E-state index is 12.9. The van der Waals surface area contributed by atoms with Gasteiger partial charge in [0.1, 0.15) is 4.90 Å². The van der Waals surface area contributed by atoms with E-state index >= 15 is 0 Å². The minimum atomic E-state index is -3.79. The standard InChI is InChI=1S/C23H20ClN3O2S2.ClH/c1-27-21(16-30-23(27)26-19-10-6-3-7-11-19)18-12-13-20(24)22(14-18)31(28,29)25-15-17-8-4-2-5-9-17;/h2-14,16,25H,15H2,1H3;1H/b26-23+;. The number of rotatable bonds is 6. The molecule has 1 aromatic heterocycles. The van der Waals surface area contributed by atoms with Crippen LogP contribution in [0.2, 0.25) is 5.02 Å². The van der Waals surface area contributed by atoms with E-state index < -0.39 is 10.0 Å². The van der Waals surface area contributed by atoms with Crippen molar-refractivity contribution in [3.05, 3.63) is 99.6 Å². The predicted molar refractivity (Wildman–Crippen MR) is 133 cm³/mol. The van der Waals surface area contributed by atoms with Crippen LogP contribution in [0.15, 0.2) is 94.1 Å². The summed E-state index contributed by atoms with van der Waals surface area (Å²) >= 11 is 7.75. The van der Waals surface area contributed by atoms with Crippen molar-refractivity contribution in [1.82, 2.24) is 9.29 Å². The van der Waals surface area contributed by atoms with Crippen LogP contribution in [0, 0.1) is 0 Å². The first-order valence-corrected chi connectivity index (χ1v) is 12.3. The summed E-state index contributed by atoms with van der Waals surface area (Å²) in [6.45, 7) is 0.191. The van der Waals surface area contributed by atoms with Gasteiger partial charge in [0.25, 0.3) is 0 Å². The fourth-order valence-corrected chi connectivity index (χ4v) is 5.53. The first-order valence-electron chi connectivity index (χ1n) is 9.52. The van der Waals surface area contributed by atoms with Crippen LogP contribution in [-0.2, 0) is 23.6 Å². The lowest BCUT2D eigenvalue weighted by Crippen LogP contribution is -2.23. The maximum atomic E-state index is 12.9. The van der Waals surface area contributed by atoms with Crippen LogP contribution in [0.3, 0.4) is 0 Å². The molecule has 0 spiro atoms. The second-order valence-corrected chi connectivity index (χ2v) is 9.84. The second kappa shape index (κ2) is 10.5. The van der Waals surface area contributed by atoms with Crippen molar-refractivity contribution >= 4 is 51.1 Å². The minimum absolute atomic E-state index is 0. The third-order valence-corrected chi connectivity index (χ3v) is 7.53. The topological polar surface area (TPSA) is 63.5 Å². The van der Waals surface area contributed by atoms with Crippen molar-refractivity contribution in [2.75, 3.05) is 0 Å². The van der Waals surface area contributed by atoms with Crippen LogP contribution in [-0.4, -0.2) is 13.0 Å². The van der Waals surface area contributed by atoms with Crippen LogP contribution in [0.4, 0.5) is 5.69 Å². The molecule has 32 heavy (non-hydrogen) atoms. The molecule has 0 unspecified atom stereocenters. The molecule has 0 radical (unpaired) electrons. The third kappa shape index (κ3) is 5.49. The smallest absolute Gasteiger partial charge is 0.242 e. The normalized spacial score (nSPS) is 11.9. The minimum Gasteiger partial charge on any atom is -0.320 e. The lowest BCUT2D eigenvalue weighted by Gasteiger charge is -2.11. The Morgan fingerprint density at radius 3 is 2.34 bits per heavy atom. The fourth-order valence-electron chi connectivity index (χ4n) is 3.07. The average molecular weight is 506 g/mol. The molecule has 4 rings (SSSR count). The molecule has 0 aliphatic carbocycles. The predicted octanol–water partition coefficient (Wildman–Crippen LogP) is 5.54. The van der Waals surface area contributed by atoms with Crippen molar-refractivity contribution in [1.29, 1.82) is 0 Å². The van der Waals surface area contributed by atoms with Crippen molar-refractivity contribution in [3.63, 3.8) is 0 Å². The van der Waals surface area contributed by atoms with E-state index in [9.17, 15) is 8.42 Å². The highest BCUT2D eigenvalue weighted by Crippen LogP contribution is 2.28. The van der Waals surface area contributed by atoms with Crippen LogP contribution in [0.1, 0.15) is 5.56 Å². The molecule has 1 N–H and O–H groups in total. The molecule has 0 aliphatic heterocycles. The SMILES string of the molecule is Cl.Cn1c(-c2ccc(Cl)c(S(=O)(=O)NCc3ccccc3)c2)cs/c1=N/c1ccccc1. The maximum Gasteiger partial charge on any atom is 0.242 e. The number of hydrogen-bond donors (Lipinski definition) is 1. The highest BCUT2D eigenvalue weighted by molar-refractivity contribution is 7.89. The number of nitrogens with one attached hydrogen (secondary N) is 1. The van der Waals surface area contributed by atoms with E-state index in [-0.39, 0.29) is 28.9 Å². The molecule has 4 aromatic rings. The summed E-state index contributed by atoms with van der Waals surface area (Å²) in [6, 6.07) is 24.1. The molecule has 5 nitrogen and oxygen atoms in total. The van der Waals surface area contributed by atoms with Gasteiger partial charge in [0.05, 0.1) is 16.4 Å². The molecule has 0 aliphatic rings. The van der Waals surface area contributed by atoms with E-state index in [1.165, 1.54) is 11.3 Å². The summed E-state index contributed by atoms with van der Waals surface area (Å²) in [5.41, 5.74) is 3.33. The molecule has 9 heteroatoms. The van der Waals surface area contributed by atoms with Gasteiger partial charge in [-0.2, -0.15) is 0 Å². The molecule has 0 fully saturated rings. The van der Waals surface area contributed by atoms with E-state index in [1.54, 1.807) is 12.1 Å². The summed E-state index contributed by atoms with van der Waals surface area (Å²) in [7, 11) is -1.88. The fraction of sp³-hybridized carbons (Fsp3) is 0.0870. The van der Waals surface area contributed by atoms with Crippen molar-refractivity contribution in [3.8, 4) is 11.3 Å². The highest BCUT2D eigenvalue weighted by Gasteiger charge is 2.19. The zero-order valence-electron chi connectivity index (χ0n) is 17.1. The third-order valence-electron chi connectivity index (χ3n) is 4.73. The van der Waals surface area contributed by atoms with Gasteiger partial charge < -0.3 is 4.57 Å². The number of hydrogen-bond acceptors (Lipinski definition) is 4. The van der Waals surface area contributed by atoms with Crippen molar-refractivity contribution < 1.29 is 8.42 Å². The van der Waals surface area contributed by atoms with Gasteiger partial charge in [0.15, 0.2) is 4.80 Å². The quantitative estimate of drug-likeness (QED) is 0.373. The van der Waals surface area contributed by atoms with Gasteiger partial charge >= 0.3 is 0 Å². The number of nitrogens with zero attached hydrogens (tertiary/aromatic N) is 2. The molecule has 0 bridgehead atoms. The van der Waals surface area contributed by atoms with Gasteiger partial charge in [-0.15, -0.1) is 23.7 Å². The van der Waals surface area contributed by atoms with Crippen LogP contribution >= 0.6 is 35.3 Å². The Balaban J connectivity index is 0.00000289. The molecule has 1 heterocycles. The molecule has 0 saturated heterocycles. The van der Waals surface area contributed by atoms with Gasteiger partial charge in [-0.05, 0) is 29.8 Å². The highest BCUT2D eigenvalue weighted by atomic mass is 35.5. The number of benzene rings is 3. The number of para-hydroxylation sites is 1. The van der Waals surface area contributed by atoms with E-state index in [1.807, 2.05) is 83.7 Å². The summed E-state index contributed by atoms with van der Waals surface area (Å²) in [6.07, 6.45) is 0. The van der Waals surface area contributed by atoms with E-state index in [2.05, 4.69) is 9.71 Å². The number of sulfonamides is 1. The van der Waals surface area contributed by atoms with E-state index in [0.29, 0.717) is 0 Å². The Kier molecular flexibility index (Phi) is 7.92. The Labute approximate surface area is 202 Å². The Hall–Kier alpha value is -2.42. The Morgan fingerprint density at radius 2 is 1.66 bits per heavy atom. The second-order valence-electron chi connectivity index (χ2n) is 6.87. The summed E-state index contributed by atoms with van der Waals surface area (Å²) < 4.78 is 30.4. The lowest BCUT2D eigenvalue weighted by molar-refractivity contribution is 0.581. The van der Waals surface area contributed by atoms with Crippen LogP contribution in [0.25, 0.3) is 11.3 Å². The molecular formula is C23H21Cl2N3O2S2. The Morgan fingerprint density at radius 1 is 1.00 bits per heavy atom. The lowest BCUT2D eigenvalue weighted by atomic mass is 10.2. The van der Waals surface area contributed by atoms with Gasteiger partial charge in [-0.3, -0.25) is 0 Å². The van der Waals surface area contributed by atoms with Crippen LogP contribution in [0.5, 0.6) is 0 Å². The number of aromatic nitrogens is 1. The summed E-state index contributed by atoms with van der Waals surface area (Å²) in [5.74, 6) is 0. The zero-order valence-corrected chi connectivity index (χ0v) is 20.3. The van der Waals surface area contributed by atoms with Crippen molar-refractivity contribution in [2.45, 2.75) is 11.4 Å². The zero-order chi connectivity index (χ0) is 21.8. The van der Waals surface area contributed by atoms with Crippen molar-refractivity contribution in [2.24, 2.45) is 12.0 Å². The van der Waals surface area contributed by atoms with Gasteiger partial charge in [0, 0.05) is 24.5 Å².